The van der Waals surface area contributed by atoms with Gasteiger partial charge in [-0.1, -0.05) is 29.8 Å². The molecule has 0 aliphatic carbocycles. The standard InChI is InChI=1S/C22H14ClF4N3O4S/c23-15-10-13(22(25,26)27)6-9-18(15)34-14-7-8-17(16(24)11-14)28-20(32)30-35-21(33)29-19(31)12-4-2-1-3-5-12/h1-11H,(H2,28,30,32)(H,29,31,33). The van der Waals surface area contributed by atoms with Crippen LogP contribution in [0.4, 0.5) is 32.8 Å². The Kier molecular flexibility index (Phi) is 8.20. The van der Waals surface area contributed by atoms with Gasteiger partial charge >= 0.3 is 17.4 Å². The number of imide groups is 1. The number of hydrogen-bond acceptors (Lipinski definition) is 5. The van der Waals surface area contributed by atoms with Gasteiger partial charge in [0.25, 0.3) is 5.91 Å². The SMILES string of the molecule is O=C(NSC(=O)NC(=O)c1ccccc1)Nc1ccc(Oc2ccc(C(F)(F)F)cc2Cl)cc1F. The van der Waals surface area contributed by atoms with Crippen LogP contribution in [0.3, 0.4) is 0 Å². The van der Waals surface area contributed by atoms with Crippen LogP contribution < -0.4 is 20.1 Å². The van der Waals surface area contributed by atoms with E-state index >= 15 is 0 Å². The largest absolute Gasteiger partial charge is 0.456 e. The molecular formula is C22H14ClF4N3O4S. The first-order valence-corrected chi connectivity index (χ1v) is 10.7. The number of urea groups is 1. The number of benzene rings is 3. The van der Waals surface area contributed by atoms with E-state index in [-0.39, 0.29) is 39.7 Å². The molecule has 3 rings (SSSR count). The van der Waals surface area contributed by atoms with E-state index in [1.807, 2.05) is 0 Å². The normalized spacial score (nSPS) is 10.9. The molecule has 0 aliphatic heterocycles. The first-order valence-electron chi connectivity index (χ1n) is 9.51. The zero-order valence-electron chi connectivity index (χ0n) is 17.3. The number of amides is 4. The number of ether oxygens (including phenoxy) is 1. The molecule has 0 unspecified atom stereocenters. The Morgan fingerprint density at radius 2 is 1.66 bits per heavy atom. The van der Waals surface area contributed by atoms with Crippen molar-refractivity contribution in [3.63, 3.8) is 0 Å². The Morgan fingerprint density at radius 3 is 2.29 bits per heavy atom. The average molecular weight is 528 g/mol. The van der Waals surface area contributed by atoms with E-state index in [0.717, 1.165) is 24.3 Å². The molecule has 0 aromatic heterocycles. The third kappa shape index (κ3) is 7.36. The summed E-state index contributed by atoms with van der Waals surface area (Å²) in [5, 5.41) is 3.01. The molecule has 0 aliphatic rings. The molecule has 13 heteroatoms. The number of carbonyl (C=O) groups excluding carboxylic acids is 3. The summed E-state index contributed by atoms with van der Waals surface area (Å²) < 4.78 is 59.9. The minimum Gasteiger partial charge on any atom is -0.456 e. The maximum absolute atomic E-state index is 14.4. The highest BCUT2D eigenvalue weighted by atomic mass is 35.5. The summed E-state index contributed by atoms with van der Waals surface area (Å²) in [7, 11) is 0. The fraction of sp³-hybridized carbons (Fsp3) is 0.0455. The molecule has 7 nitrogen and oxygen atoms in total. The molecule has 0 bridgehead atoms. The summed E-state index contributed by atoms with van der Waals surface area (Å²) in [4.78, 5) is 35.6. The van der Waals surface area contributed by atoms with Gasteiger partial charge in [-0.15, -0.1) is 0 Å². The lowest BCUT2D eigenvalue weighted by molar-refractivity contribution is -0.137. The van der Waals surface area contributed by atoms with Crippen molar-refractivity contribution < 1.29 is 36.7 Å². The lowest BCUT2D eigenvalue weighted by Gasteiger charge is -2.12. The quantitative estimate of drug-likeness (QED) is 0.262. The maximum atomic E-state index is 14.4. The van der Waals surface area contributed by atoms with Crippen LogP contribution in [-0.4, -0.2) is 17.2 Å². The molecule has 0 heterocycles. The lowest BCUT2D eigenvalue weighted by Crippen LogP contribution is -2.32. The Morgan fingerprint density at radius 1 is 0.943 bits per heavy atom. The molecular weight excluding hydrogens is 514 g/mol. The van der Waals surface area contributed by atoms with E-state index in [4.69, 9.17) is 16.3 Å². The number of carbonyl (C=O) groups is 3. The highest BCUT2D eigenvalue weighted by Gasteiger charge is 2.31. The van der Waals surface area contributed by atoms with Crippen LogP contribution in [0.25, 0.3) is 0 Å². The number of halogens is 5. The van der Waals surface area contributed by atoms with Crippen molar-refractivity contribution in [2.24, 2.45) is 0 Å². The summed E-state index contributed by atoms with van der Waals surface area (Å²) >= 11 is 6.08. The number of anilines is 1. The molecule has 0 spiro atoms. The van der Waals surface area contributed by atoms with Crippen LogP contribution >= 0.6 is 23.5 Å². The van der Waals surface area contributed by atoms with Crippen molar-refractivity contribution in [1.29, 1.82) is 0 Å². The van der Waals surface area contributed by atoms with E-state index in [2.05, 4.69) is 15.4 Å². The minimum atomic E-state index is -4.58. The number of alkyl halides is 3. The summed E-state index contributed by atoms with van der Waals surface area (Å²) in [6.07, 6.45) is -4.58. The van der Waals surface area contributed by atoms with Crippen LogP contribution in [-0.2, 0) is 6.18 Å². The van der Waals surface area contributed by atoms with Crippen LogP contribution in [0.5, 0.6) is 11.5 Å². The molecule has 0 atom stereocenters. The molecule has 182 valence electrons. The minimum absolute atomic E-state index is 0.0942. The van der Waals surface area contributed by atoms with Gasteiger partial charge in [0.05, 0.1) is 28.2 Å². The van der Waals surface area contributed by atoms with E-state index < -0.39 is 34.7 Å². The molecule has 3 aromatic rings. The van der Waals surface area contributed by atoms with Crippen molar-refractivity contribution in [1.82, 2.24) is 10.0 Å². The fourth-order valence-electron chi connectivity index (χ4n) is 2.57. The Balaban J connectivity index is 1.53. The average Bonchev–Trinajstić information content (AvgIpc) is 2.80. The monoisotopic (exact) mass is 527 g/mol. The van der Waals surface area contributed by atoms with E-state index in [9.17, 15) is 31.9 Å². The number of hydrogen-bond donors (Lipinski definition) is 3. The molecule has 0 radical (unpaired) electrons. The molecule has 0 saturated carbocycles. The second-order valence-corrected chi connectivity index (χ2v) is 7.84. The molecule has 3 N–H and O–H groups in total. The lowest BCUT2D eigenvalue weighted by atomic mass is 10.2. The maximum Gasteiger partial charge on any atom is 0.416 e. The first kappa shape index (κ1) is 25.8. The van der Waals surface area contributed by atoms with Gasteiger partial charge in [-0.25, -0.2) is 9.18 Å². The molecule has 3 aromatic carbocycles. The van der Waals surface area contributed by atoms with Crippen molar-refractivity contribution in [2.45, 2.75) is 6.18 Å². The van der Waals surface area contributed by atoms with Crippen molar-refractivity contribution in [3.05, 3.63) is 88.7 Å². The summed E-state index contributed by atoms with van der Waals surface area (Å²) in [6.45, 7) is 0. The van der Waals surface area contributed by atoms with Gasteiger partial charge in [0.15, 0.2) is 0 Å². The second kappa shape index (κ2) is 11.1. The zero-order valence-corrected chi connectivity index (χ0v) is 18.9. The van der Waals surface area contributed by atoms with Crippen LogP contribution in [0.2, 0.25) is 5.02 Å². The summed E-state index contributed by atoms with van der Waals surface area (Å²) in [6, 6.07) is 12.6. The fourth-order valence-corrected chi connectivity index (χ4v) is 3.17. The first-order chi connectivity index (χ1) is 16.5. The Hall–Kier alpha value is -3.77. The van der Waals surface area contributed by atoms with E-state index in [1.54, 1.807) is 18.2 Å². The van der Waals surface area contributed by atoms with Crippen LogP contribution in [0.15, 0.2) is 66.7 Å². The molecule has 0 fully saturated rings. The molecule has 4 amide bonds. The van der Waals surface area contributed by atoms with Gasteiger partial charge in [0.2, 0.25) is 0 Å². The highest BCUT2D eigenvalue weighted by Crippen LogP contribution is 2.36. The summed E-state index contributed by atoms with van der Waals surface area (Å²) in [5.74, 6) is -1.83. The highest BCUT2D eigenvalue weighted by molar-refractivity contribution is 8.12. The van der Waals surface area contributed by atoms with Gasteiger partial charge in [-0.2, -0.15) is 13.2 Å². The van der Waals surface area contributed by atoms with Crippen LogP contribution in [0.1, 0.15) is 15.9 Å². The second-order valence-electron chi connectivity index (χ2n) is 6.65. The third-order valence-corrected chi connectivity index (χ3v) is 5.03. The predicted octanol–water partition coefficient (Wildman–Crippen LogP) is 6.61. The smallest absolute Gasteiger partial charge is 0.416 e. The third-order valence-electron chi connectivity index (χ3n) is 4.16. The van der Waals surface area contributed by atoms with Gasteiger partial charge in [0, 0.05) is 11.6 Å². The number of nitrogens with one attached hydrogen (secondary N) is 3. The van der Waals surface area contributed by atoms with Gasteiger partial charge in [-0.3, -0.25) is 19.6 Å². The Labute approximate surface area is 204 Å². The van der Waals surface area contributed by atoms with Gasteiger partial charge < -0.3 is 10.1 Å². The van der Waals surface area contributed by atoms with Crippen LogP contribution in [0, 0.1) is 5.82 Å². The van der Waals surface area contributed by atoms with Crippen molar-refractivity contribution >= 4 is 46.4 Å². The van der Waals surface area contributed by atoms with E-state index in [0.29, 0.717) is 6.07 Å². The van der Waals surface area contributed by atoms with Gasteiger partial charge in [0.1, 0.15) is 17.3 Å². The molecule has 0 saturated heterocycles. The predicted molar refractivity (Wildman–Crippen MR) is 122 cm³/mol. The topological polar surface area (TPSA) is 96.5 Å². The van der Waals surface area contributed by atoms with Gasteiger partial charge in [-0.05, 0) is 42.5 Å². The number of rotatable bonds is 4. The Bertz CT molecular complexity index is 1260. The van der Waals surface area contributed by atoms with Crippen molar-refractivity contribution in [3.8, 4) is 11.5 Å². The van der Waals surface area contributed by atoms with Crippen molar-refractivity contribution in [2.75, 3.05) is 5.32 Å². The zero-order chi connectivity index (χ0) is 25.6. The van der Waals surface area contributed by atoms with E-state index in [1.165, 1.54) is 18.2 Å². The summed E-state index contributed by atoms with van der Waals surface area (Å²) in [5.41, 5.74) is -1.01. The molecule has 35 heavy (non-hydrogen) atoms.